The number of hydrogen-bond acceptors (Lipinski definition) is 7. The lowest BCUT2D eigenvalue weighted by atomic mass is 10.1. The topological polar surface area (TPSA) is 103 Å². The number of nitrogens with zero attached hydrogens (tertiary/aromatic N) is 3. The standard InChI is InChI=1S/C13H14N4O4/c1-8-3-2-4-9(17(18)19)11(8)13-15-12(16-21-13)10-7-14-5-6-20-10/h2-4,10,14H,5-7H2,1H3. The first kappa shape index (κ1) is 13.7. The molecule has 1 aromatic carbocycles. The molecule has 21 heavy (non-hydrogen) atoms. The van der Waals surface area contributed by atoms with E-state index in [-0.39, 0.29) is 17.7 Å². The number of nitrogens with one attached hydrogen (secondary N) is 1. The molecule has 1 N–H and O–H groups in total. The summed E-state index contributed by atoms with van der Waals surface area (Å²) < 4.78 is 10.7. The zero-order valence-electron chi connectivity index (χ0n) is 11.4. The minimum atomic E-state index is -0.454. The molecule has 1 aliphatic rings. The van der Waals surface area contributed by atoms with E-state index in [1.807, 2.05) is 0 Å². The molecular formula is C13H14N4O4. The third-order valence-electron chi connectivity index (χ3n) is 3.32. The predicted octanol–water partition coefficient (Wildman–Crippen LogP) is 1.61. The smallest absolute Gasteiger partial charge is 0.282 e. The lowest BCUT2D eigenvalue weighted by molar-refractivity contribution is -0.384. The van der Waals surface area contributed by atoms with Crippen molar-refractivity contribution < 1.29 is 14.2 Å². The Kier molecular flexibility index (Phi) is 3.63. The van der Waals surface area contributed by atoms with Crippen LogP contribution in [0.4, 0.5) is 5.69 Å². The molecule has 1 fully saturated rings. The molecule has 2 heterocycles. The van der Waals surface area contributed by atoms with Crippen molar-refractivity contribution in [2.24, 2.45) is 0 Å². The molecule has 8 heteroatoms. The van der Waals surface area contributed by atoms with Crippen LogP contribution in [0.5, 0.6) is 0 Å². The van der Waals surface area contributed by atoms with Gasteiger partial charge < -0.3 is 14.6 Å². The van der Waals surface area contributed by atoms with E-state index in [2.05, 4.69) is 15.5 Å². The van der Waals surface area contributed by atoms with Gasteiger partial charge in [0.15, 0.2) is 0 Å². The summed E-state index contributed by atoms with van der Waals surface area (Å²) >= 11 is 0. The van der Waals surface area contributed by atoms with Crippen molar-refractivity contribution in [1.82, 2.24) is 15.5 Å². The normalized spacial score (nSPS) is 18.6. The summed E-state index contributed by atoms with van der Waals surface area (Å²) in [4.78, 5) is 14.9. The number of hydrogen-bond donors (Lipinski definition) is 1. The van der Waals surface area contributed by atoms with Crippen LogP contribution in [-0.2, 0) is 4.74 Å². The molecule has 2 aromatic rings. The van der Waals surface area contributed by atoms with Crippen molar-refractivity contribution in [3.8, 4) is 11.5 Å². The Morgan fingerprint density at radius 3 is 3.05 bits per heavy atom. The van der Waals surface area contributed by atoms with Crippen molar-refractivity contribution in [2.75, 3.05) is 19.7 Å². The van der Waals surface area contributed by atoms with Gasteiger partial charge in [0.05, 0.1) is 11.5 Å². The fourth-order valence-electron chi connectivity index (χ4n) is 2.28. The molecule has 1 atom stereocenters. The Balaban J connectivity index is 1.98. The summed E-state index contributed by atoms with van der Waals surface area (Å²) in [5.41, 5.74) is 1.01. The first-order chi connectivity index (χ1) is 10.2. The summed E-state index contributed by atoms with van der Waals surface area (Å²) in [5, 5.41) is 18.2. The predicted molar refractivity (Wildman–Crippen MR) is 72.7 cm³/mol. The van der Waals surface area contributed by atoms with Gasteiger partial charge in [-0.25, -0.2) is 0 Å². The van der Waals surface area contributed by atoms with Gasteiger partial charge in [-0.05, 0) is 12.5 Å². The monoisotopic (exact) mass is 290 g/mol. The van der Waals surface area contributed by atoms with Gasteiger partial charge in [0.2, 0.25) is 5.82 Å². The first-order valence-electron chi connectivity index (χ1n) is 6.57. The van der Waals surface area contributed by atoms with E-state index in [4.69, 9.17) is 9.26 Å². The molecule has 0 radical (unpaired) electrons. The van der Waals surface area contributed by atoms with Gasteiger partial charge in [-0.15, -0.1) is 0 Å². The maximum absolute atomic E-state index is 11.1. The van der Waals surface area contributed by atoms with Gasteiger partial charge in [-0.3, -0.25) is 10.1 Å². The third kappa shape index (κ3) is 2.63. The van der Waals surface area contributed by atoms with Crippen LogP contribution in [0.3, 0.4) is 0 Å². The quantitative estimate of drug-likeness (QED) is 0.676. The largest absolute Gasteiger partial charge is 0.367 e. The van der Waals surface area contributed by atoms with Crippen LogP contribution in [0.15, 0.2) is 22.7 Å². The molecular weight excluding hydrogens is 276 g/mol. The van der Waals surface area contributed by atoms with Gasteiger partial charge in [0, 0.05) is 19.2 Å². The Hall–Kier alpha value is -2.32. The van der Waals surface area contributed by atoms with Crippen molar-refractivity contribution >= 4 is 5.69 Å². The fraction of sp³-hybridized carbons (Fsp3) is 0.385. The van der Waals surface area contributed by atoms with Gasteiger partial charge in [-0.1, -0.05) is 17.3 Å². The number of morpholine rings is 1. The highest BCUT2D eigenvalue weighted by Crippen LogP contribution is 2.32. The summed E-state index contributed by atoms with van der Waals surface area (Å²) in [6.07, 6.45) is -0.292. The van der Waals surface area contributed by atoms with Gasteiger partial charge >= 0.3 is 0 Å². The molecule has 1 saturated heterocycles. The number of benzene rings is 1. The van der Waals surface area contributed by atoms with Crippen LogP contribution in [0.2, 0.25) is 0 Å². The Morgan fingerprint density at radius 1 is 1.48 bits per heavy atom. The SMILES string of the molecule is Cc1cccc([N+](=O)[O-])c1-c1nc(C2CNCCO2)no1. The lowest BCUT2D eigenvalue weighted by Gasteiger charge is -2.20. The molecule has 0 spiro atoms. The van der Waals surface area contributed by atoms with Crippen LogP contribution in [-0.4, -0.2) is 34.8 Å². The van der Waals surface area contributed by atoms with E-state index >= 15 is 0 Å². The second-order valence-electron chi connectivity index (χ2n) is 4.75. The van der Waals surface area contributed by atoms with E-state index in [0.29, 0.717) is 30.1 Å². The van der Waals surface area contributed by atoms with Crippen LogP contribution < -0.4 is 5.32 Å². The summed E-state index contributed by atoms with van der Waals surface area (Å²) in [6, 6.07) is 4.82. The zero-order valence-corrected chi connectivity index (χ0v) is 11.4. The highest BCUT2D eigenvalue weighted by atomic mass is 16.6. The molecule has 1 aromatic heterocycles. The average molecular weight is 290 g/mol. The fourth-order valence-corrected chi connectivity index (χ4v) is 2.28. The summed E-state index contributed by atoms with van der Waals surface area (Å²) in [5.74, 6) is 0.540. The molecule has 8 nitrogen and oxygen atoms in total. The Bertz CT molecular complexity index is 664. The summed E-state index contributed by atoms with van der Waals surface area (Å²) in [6.45, 7) is 3.71. The molecule has 1 unspecified atom stereocenters. The molecule has 0 bridgehead atoms. The maximum Gasteiger partial charge on any atom is 0.282 e. The first-order valence-corrected chi connectivity index (χ1v) is 6.57. The van der Waals surface area contributed by atoms with Crippen molar-refractivity contribution in [1.29, 1.82) is 0 Å². The maximum atomic E-state index is 11.1. The molecule has 1 aliphatic heterocycles. The van der Waals surface area contributed by atoms with Crippen LogP contribution in [0, 0.1) is 17.0 Å². The summed E-state index contributed by atoms with van der Waals surface area (Å²) in [7, 11) is 0. The van der Waals surface area contributed by atoms with Crippen molar-refractivity contribution in [2.45, 2.75) is 13.0 Å². The van der Waals surface area contributed by atoms with E-state index < -0.39 is 4.92 Å². The Morgan fingerprint density at radius 2 is 2.33 bits per heavy atom. The third-order valence-corrected chi connectivity index (χ3v) is 3.32. The highest BCUT2D eigenvalue weighted by molar-refractivity contribution is 5.70. The Labute approximate surface area is 120 Å². The minimum Gasteiger partial charge on any atom is -0.367 e. The van der Waals surface area contributed by atoms with Crippen molar-refractivity contribution in [3.63, 3.8) is 0 Å². The van der Waals surface area contributed by atoms with E-state index in [1.54, 1.807) is 19.1 Å². The van der Waals surface area contributed by atoms with Crippen molar-refractivity contribution in [3.05, 3.63) is 39.7 Å². The number of aryl methyl sites for hydroxylation is 1. The van der Waals surface area contributed by atoms with Gasteiger partial charge in [0.1, 0.15) is 11.7 Å². The number of ether oxygens (including phenoxy) is 1. The molecule has 0 amide bonds. The van der Waals surface area contributed by atoms with E-state index in [0.717, 1.165) is 6.54 Å². The van der Waals surface area contributed by atoms with Crippen LogP contribution in [0.25, 0.3) is 11.5 Å². The number of nitro benzene ring substituents is 1. The highest BCUT2D eigenvalue weighted by Gasteiger charge is 2.26. The number of rotatable bonds is 3. The molecule has 3 rings (SSSR count). The molecule has 0 aliphatic carbocycles. The average Bonchev–Trinajstić information content (AvgIpc) is 2.97. The second kappa shape index (κ2) is 5.58. The number of nitro groups is 1. The minimum absolute atomic E-state index is 0.0483. The van der Waals surface area contributed by atoms with E-state index in [9.17, 15) is 10.1 Å². The van der Waals surface area contributed by atoms with Gasteiger partial charge in [-0.2, -0.15) is 4.98 Å². The van der Waals surface area contributed by atoms with Crippen LogP contribution in [0.1, 0.15) is 17.5 Å². The van der Waals surface area contributed by atoms with Crippen LogP contribution >= 0.6 is 0 Å². The number of aromatic nitrogens is 2. The van der Waals surface area contributed by atoms with E-state index in [1.165, 1.54) is 6.07 Å². The van der Waals surface area contributed by atoms with Gasteiger partial charge in [0.25, 0.3) is 11.6 Å². The second-order valence-corrected chi connectivity index (χ2v) is 4.75. The molecule has 0 saturated carbocycles. The zero-order chi connectivity index (χ0) is 14.8. The lowest BCUT2D eigenvalue weighted by Crippen LogP contribution is -2.33. The molecule has 110 valence electrons.